The van der Waals surface area contributed by atoms with Gasteiger partial charge in [0.25, 0.3) is 0 Å². The molecule has 0 aliphatic heterocycles. The first-order valence-corrected chi connectivity index (χ1v) is 8.79. The molecule has 1 saturated carbocycles. The summed E-state index contributed by atoms with van der Waals surface area (Å²) >= 11 is 1.42. The van der Waals surface area contributed by atoms with Gasteiger partial charge in [0.1, 0.15) is 5.25 Å². The number of hydrogen-bond acceptors (Lipinski definition) is 5. The van der Waals surface area contributed by atoms with Crippen LogP contribution in [0, 0.1) is 0 Å². The molecule has 1 aromatic heterocycles. The van der Waals surface area contributed by atoms with Gasteiger partial charge in [-0.25, -0.2) is 4.68 Å². The van der Waals surface area contributed by atoms with E-state index in [1.54, 1.807) is 0 Å². The highest BCUT2D eigenvalue weighted by atomic mass is 32.2. The zero-order chi connectivity index (χ0) is 16.4. The van der Waals surface area contributed by atoms with Gasteiger partial charge in [0.05, 0.1) is 6.04 Å². The molecule has 1 aliphatic carbocycles. The third-order valence-corrected chi connectivity index (χ3v) is 5.18. The Balaban J connectivity index is 1.68. The molecule has 0 N–H and O–H groups in total. The van der Waals surface area contributed by atoms with Crippen molar-refractivity contribution in [1.82, 2.24) is 20.2 Å². The molecule has 120 valence electrons. The first-order chi connectivity index (χ1) is 11.8. The maximum atomic E-state index is 13.1. The molecular formula is C18H16N4OS. The molecule has 1 fully saturated rings. The van der Waals surface area contributed by atoms with Crippen LogP contribution in [0.25, 0.3) is 0 Å². The number of carbonyl (C=O) groups is 1. The lowest BCUT2D eigenvalue weighted by atomic mass is 10.0. The minimum absolute atomic E-state index is 0.0668. The Kier molecular flexibility index (Phi) is 4.13. The maximum Gasteiger partial charge on any atom is 0.210 e. The van der Waals surface area contributed by atoms with E-state index in [2.05, 4.69) is 15.5 Å². The maximum absolute atomic E-state index is 13.1. The average Bonchev–Trinajstić information content (AvgIpc) is 3.39. The summed E-state index contributed by atoms with van der Waals surface area (Å²) in [6.07, 6.45) is 2.20. The fraction of sp³-hybridized carbons (Fsp3) is 0.222. The van der Waals surface area contributed by atoms with Gasteiger partial charge in [-0.3, -0.25) is 4.79 Å². The number of Topliss-reactive ketones (excluding diaryl/α,β-unsaturated/α-hetero) is 1. The standard InChI is InChI=1S/C18H16N4OS/c23-16(13-7-3-1-4-8-13)17(14-9-5-2-6-10-14)24-18-19-20-21-22(18)15-11-12-15/h1-10,15,17H,11-12H2/t17-/m0/s1. The summed E-state index contributed by atoms with van der Waals surface area (Å²) in [5.41, 5.74) is 1.66. The van der Waals surface area contributed by atoms with Crippen molar-refractivity contribution in [1.29, 1.82) is 0 Å². The van der Waals surface area contributed by atoms with E-state index >= 15 is 0 Å². The number of aromatic nitrogens is 4. The molecule has 1 atom stereocenters. The minimum atomic E-state index is -0.364. The molecule has 0 saturated heterocycles. The number of nitrogens with zero attached hydrogens (tertiary/aromatic N) is 4. The summed E-state index contributed by atoms with van der Waals surface area (Å²) in [4.78, 5) is 13.1. The average molecular weight is 336 g/mol. The molecular weight excluding hydrogens is 320 g/mol. The van der Waals surface area contributed by atoms with Crippen molar-refractivity contribution in [2.45, 2.75) is 29.3 Å². The highest BCUT2D eigenvalue weighted by molar-refractivity contribution is 8.00. The Bertz CT molecular complexity index is 830. The normalized spacial score (nSPS) is 15.2. The van der Waals surface area contributed by atoms with Crippen LogP contribution in [0.3, 0.4) is 0 Å². The van der Waals surface area contributed by atoms with Crippen molar-refractivity contribution in [3.63, 3.8) is 0 Å². The molecule has 0 amide bonds. The second-order valence-electron chi connectivity index (χ2n) is 5.78. The zero-order valence-corrected chi connectivity index (χ0v) is 13.8. The van der Waals surface area contributed by atoms with Crippen LogP contribution in [-0.4, -0.2) is 26.0 Å². The molecule has 1 aliphatic rings. The predicted octanol–water partition coefficient (Wildman–Crippen LogP) is 3.72. The predicted molar refractivity (Wildman–Crippen MR) is 91.9 cm³/mol. The van der Waals surface area contributed by atoms with Gasteiger partial charge >= 0.3 is 0 Å². The van der Waals surface area contributed by atoms with Gasteiger partial charge in [0, 0.05) is 5.56 Å². The Labute approximate surface area is 144 Å². The van der Waals surface area contributed by atoms with Crippen LogP contribution in [0.15, 0.2) is 65.8 Å². The highest BCUT2D eigenvalue weighted by Gasteiger charge is 2.31. The quantitative estimate of drug-likeness (QED) is 0.507. The van der Waals surface area contributed by atoms with Gasteiger partial charge < -0.3 is 0 Å². The smallest absolute Gasteiger partial charge is 0.210 e. The summed E-state index contributed by atoms with van der Waals surface area (Å²) in [5.74, 6) is 0.0668. The Morgan fingerprint density at radius 2 is 1.71 bits per heavy atom. The third kappa shape index (κ3) is 3.10. The van der Waals surface area contributed by atoms with Crippen LogP contribution in [0.4, 0.5) is 0 Å². The number of tetrazole rings is 1. The number of carbonyl (C=O) groups excluding carboxylic acids is 1. The van der Waals surface area contributed by atoms with Crippen LogP contribution in [-0.2, 0) is 0 Å². The summed E-state index contributed by atoms with van der Waals surface area (Å²) in [6, 6.07) is 19.6. The van der Waals surface area contributed by atoms with E-state index in [0.717, 1.165) is 18.4 Å². The van der Waals surface area contributed by atoms with E-state index in [9.17, 15) is 4.79 Å². The first-order valence-electron chi connectivity index (χ1n) is 7.91. The molecule has 24 heavy (non-hydrogen) atoms. The van der Waals surface area contributed by atoms with Crippen molar-refractivity contribution in [2.24, 2.45) is 0 Å². The number of benzene rings is 2. The number of ketones is 1. The van der Waals surface area contributed by atoms with Gasteiger partial charge in [-0.15, -0.1) is 5.10 Å². The lowest BCUT2D eigenvalue weighted by Crippen LogP contribution is -2.11. The van der Waals surface area contributed by atoms with Crippen molar-refractivity contribution in [3.05, 3.63) is 71.8 Å². The van der Waals surface area contributed by atoms with Gasteiger partial charge in [-0.1, -0.05) is 72.4 Å². The summed E-state index contributed by atoms with van der Waals surface area (Å²) in [5, 5.41) is 12.3. The van der Waals surface area contributed by atoms with Crippen molar-refractivity contribution in [3.8, 4) is 0 Å². The van der Waals surface area contributed by atoms with Gasteiger partial charge in [0.15, 0.2) is 5.78 Å². The molecule has 2 aromatic carbocycles. The molecule has 0 radical (unpaired) electrons. The van der Waals surface area contributed by atoms with Crippen molar-refractivity contribution < 1.29 is 4.79 Å². The molecule has 0 bridgehead atoms. The lowest BCUT2D eigenvalue weighted by Gasteiger charge is -2.15. The molecule has 0 spiro atoms. The van der Waals surface area contributed by atoms with E-state index in [1.807, 2.05) is 65.3 Å². The van der Waals surface area contributed by atoms with Crippen LogP contribution < -0.4 is 0 Å². The largest absolute Gasteiger partial charge is 0.293 e. The monoisotopic (exact) mass is 336 g/mol. The van der Waals surface area contributed by atoms with E-state index in [4.69, 9.17) is 0 Å². The summed E-state index contributed by atoms with van der Waals surface area (Å²) in [7, 11) is 0. The fourth-order valence-corrected chi connectivity index (χ4v) is 3.70. The Morgan fingerprint density at radius 3 is 2.38 bits per heavy atom. The molecule has 6 heteroatoms. The molecule has 5 nitrogen and oxygen atoms in total. The SMILES string of the molecule is O=C(c1ccccc1)[C@@H](Sc1nnnn1C1CC1)c1ccccc1. The number of rotatable bonds is 6. The topological polar surface area (TPSA) is 60.7 Å². The number of thioether (sulfide) groups is 1. The van der Waals surface area contributed by atoms with E-state index in [1.165, 1.54) is 11.8 Å². The van der Waals surface area contributed by atoms with Crippen LogP contribution in [0.1, 0.15) is 40.1 Å². The van der Waals surface area contributed by atoms with Gasteiger partial charge in [-0.05, 0) is 28.8 Å². The summed E-state index contributed by atoms with van der Waals surface area (Å²) in [6.45, 7) is 0. The first kappa shape index (κ1) is 15.1. The third-order valence-electron chi connectivity index (χ3n) is 3.98. The number of hydrogen-bond donors (Lipinski definition) is 0. The molecule has 1 heterocycles. The zero-order valence-electron chi connectivity index (χ0n) is 12.9. The minimum Gasteiger partial charge on any atom is -0.293 e. The van der Waals surface area contributed by atoms with E-state index in [0.29, 0.717) is 16.8 Å². The van der Waals surface area contributed by atoms with Crippen LogP contribution in [0.2, 0.25) is 0 Å². The van der Waals surface area contributed by atoms with E-state index < -0.39 is 0 Å². The second kappa shape index (κ2) is 6.57. The summed E-state index contributed by atoms with van der Waals surface area (Å²) < 4.78 is 1.85. The molecule has 3 aromatic rings. The second-order valence-corrected chi connectivity index (χ2v) is 6.85. The molecule has 0 unspecified atom stereocenters. The Hall–Kier alpha value is -2.47. The van der Waals surface area contributed by atoms with E-state index in [-0.39, 0.29) is 11.0 Å². The molecule has 4 rings (SSSR count). The van der Waals surface area contributed by atoms with Crippen LogP contribution in [0.5, 0.6) is 0 Å². The lowest BCUT2D eigenvalue weighted by molar-refractivity contribution is 0.0989. The van der Waals surface area contributed by atoms with Crippen molar-refractivity contribution >= 4 is 17.5 Å². The Morgan fingerprint density at radius 1 is 1.04 bits per heavy atom. The fourth-order valence-electron chi connectivity index (χ4n) is 2.57. The van der Waals surface area contributed by atoms with Gasteiger partial charge in [0.2, 0.25) is 5.16 Å². The highest BCUT2D eigenvalue weighted by Crippen LogP contribution is 2.41. The van der Waals surface area contributed by atoms with Crippen molar-refractivity contribution in [2.75, 3.05) is 0 Å². The van der Waals surface area contributed by atoms with Crippen LogP contribution >= 0.6 is 11.8 Å². The van der Waals surface area contributed by atoms with Gasteiger partial charge in [-0.2, -0.15) is 0 Å².